The molecule has 1 aliphatic carbocycles. The maximum absolute atomic E-state index is 2.31. The van der Waals surface area contributed by atoms with Gasteiger partial charge in [0.15, 0.2) is 0 Å². The average molecular weight is 446 g/mol. The number of hydrogen-bond acceptors (Lipinski definition) is 0. The van der Waals surface area contributed by atoms with Crippen LogP contribution >= 0.6 is 8.20 Å². The van der Waals surface area contributed by atoms with E-state index in [-0.39, 0.29) is 24.9 Å². The Labute approximate surface area is 172 Å². The predicted octanol–water partition coefficient (Wildman–Crippen LogP) is 7.05. The van der Waals surface area contributed by atoms with Gasteiger partial charge in [-0.2, -0.15) is 0 Å². The third kappa shape index (κ3) is 5.00. The van der Waals surface area contributed by atoms with Gasteiger partial charge in [0.05, 0.1) is 0 Å². The second-order valence-corrected chi connectivity index (χ2v) is 8.25. The van der Waals surface area contributed by atoms with Crippen LogP contribution in [0, 0.1) is 11.8 Å². The van der Waals surface area contributed by atoms with Gasteiger partial charge in [-0.3, -0.25) is 0 Å². The number of benzene rings is 2. The van der Waals surface area contributed by atoms with Gasteiger partial charge >= 0.3 is 0 Å². The Morgan fingerprint density at radius 2 is 1.15 bits per heavy atom. The molecule has 0 fully saturated rings. The van der Waals surface area contributed by atoms with Crippen LogP contribution in [-0.2, 0) is 19.5 Å². The van der Waals surface area contributed by atoms with E-state index in [9.17, 15) is 0 Å². The number of allylic oxidation sites excluding steroid dienone is 5. The summed E-state index contributed by atoms with van der Waals surface area (Å²) in [6.07, 6.45) is 10.0. The third-order valence-electron chi connectivity index (χ3n) is 4.07. The molecule has 1 heterocycles. The predicted molar refractivity (Wildman–Crippen MR) is 114 cm³/mol. The molecule has 0 nitrogen and oxygen atoms in total. The number of rotatable bonds is 2. The fourth-order valence-corrected chi connectivity index (χ4v) is 4.20. The van der Waals surface area contributed by atoms with E-state index >= 15 is 0 Å². The van der Waals surface area contributed by atoms with E-state index in [1.165, 1.54) is 30.2 Å². The molecule has 0 amide bonds. The molecule has 0 N–H and O–H groups in total. The summed E-state index contributed by atoms with van der Waals surface area (Å²) in [4.78, 5) is 0. The van der Waals surface area contributed by atoms with Crippen LogP contribution in [0.1, 0.15) is 31.9 Å². The SMILES string of the molecule is CC(C)(C)C1=PC(c2ccccc2)=C1c1ccccc1.[CH]1C=CC=C1.[Rh]. The topological polar surface area (TPSA) is 0 Å². The zero-order valence-corrected chi connectivity index (χ0v) is 18.0. The van der Waals surface area contributed by atoms with Crippen molar-refractivity contribution < 1.29 is 19.5 Å². The van der Waals surface area contributed by atoms with Crippen LogP contribution in [0.15, 0.2) is 85.0 Å². The van der Waals surface area contributed by atoms with Crippen LogP contribution in [0.3, 0.4) is 0 Å². The maximum atomic E-state index is 2.31. The minimum Gasteiger partial charge on any atom is -0.0767 e. The first-order chi connectivity index (χ1) is 12.1. The average Bonchev–Trinajstić information content (AvgIpc) is 3.14. The van der Waals surface area contributed by atoms with Gasteiger partial charge in [-0.25, -0.2) is 0 Å². The Morgan fingerprint density at radius 3 is 1.58 bits per heavy atom. The summed E-state index contributed by atoms with van der Waals surface area (Å²) in [6, 6.07) is 21.5. The van der Waals surface area contributed by atoms with E-state index in [0.717, 1.165) is 0 Å². The van der Waals surface area contributed by atoms with Gasteiger partial charge in [-0.15, -0.1) is 0 Å². The van der Waals surface area contributed by atoms with Crippen molar-refractivity contribution >= 4 is 24.4 Å². The molecule has 0 aromatic heterocycles. The van der Waals surface area contributed by atoms with Crippen LogP contribution in [0.2, 0.25) is 0 Å². The smallest absolute Gasteiger partial charge is 0.0178 e. The second-order valence-electron chi connectivity index (χ2n) is 7.13. The van der Waals surface area contributed by atoms with Gasteiger partial charge in [-0.1, -0.05) is 114 Å². The monoisotopic (exact) mass is 446 g/mol. The van der Waals surface area contributed by atoms with E-state index in [2.05, 4.69) is 81.4 Å². The fraction of sp³-hybridized carbons (Fsp3) is 0.167. The van der Waals surface area contributed by atoms with Gasteiger partial charge in [0.2, 0.25) is 0 Å². The zero-order valence-electron chi connectivity index (χ0n) is 15.4. The summed E-state index contributed by atoms with van der Waals surface area (Å²) in [5, 5.41) is 3.00. The fourth-order valence-electron chi connectivity index (χ4n) is 2.83. The Balaban J connectivity index is 0.000000351. The summed E-state index contributed by atoms with van der Waals surface area (Å²) < 4.78 is 0. The van der Waals surface area contributed by atoms with Crippen LogP contribution in [0.25, 0.3) is 10.9 Å². The van der Waals surface area contributed by atoms with Crippen molar-refractivity contribution in [1.82, 2.24) is 0 Å². The van der Waals surface area contributed by atoms with E-state index in [1.54, 1.807) is 5.29 Å². The first-order valence-corrected chi connectivity index (χ1v) is 9.58. The molecular weight excluding hydrogens is 422 g/mol. The molecule has 0 spiro atoms. The first-order valence-electron chi connectivity index (χ1n) is 8.69. The van der Waals surface area contributed by atoms with Crippen LogP contribution in [0.4, 0.5) is 0 Å². The molecule has 2 aromatic carbocycles. The molecule has 0 bridgehead atoms. The van der Waals surface area contributed by atoms with Gasteiger partial charge in [-0.05, 0) is 21.8 Å². The molecule has 0 atom stereocenters. The second kappa shape index (κ2) is 9.41. The van der Waals surface area contributed by atoms with Crippen LogP contribution < -0.4 is 0 Å². The Morgan fingerprint density at radius 1 is 0.654 bits per heavy atom. The van der Waals surface area contributed by atoms with Crippen molar-refractivity contribution in [2.24, 2.45) is 5.41 Å². The summed E-state index contributed by atoms with van der Waals surface area (Å²) >= 11 is 0. The molecular formula is C24H24PRh. The van der Waals surface area contributed by atoms with Gasteiger partial charge < -0.3 is 0 Å². The zero-order chi connectivity index (χ0) is 17.7. The minimum absolute atomic E-state index is 0. The molecule has 2 aliphatic rings. The van der Waals surface area contributed by atoms with Crippen molar-refractivity contribution in [3.05, 3.63) is 103 Å². The minimum atomic E-state index is 0. The Bertz CT molecular complexity index is 825. The molecule has 4 rings (SSSR count). The molecule has 26 heavy (non-hydrogen) atoms. The first kappa shape index (κ1) is 20.8. The molecule has 2 radical (unpaired) electrons. The summed E-state index contributed by atoms with van der Waals surface area (Å²) in [5.41, 5.74) is 4.37. The normalized spacial score (nSPS) is 15.4. The Hall–Kier alpha value is -1.55. The van der Waals surface area contributed by atoms with Crippen molar-refractivity contribution in [1.29, 1.82) is 0 Å². The van der Waals surface area contributed by atoms with Gasteiger partial charge in [0.25, 0.3) is 0 Å². The molecule has 0 saturated heterocycles. The largest absolute Gasteiger partial charge is 0.0767 e. The van der Waals surface area contributed by atoms with E-state index < -0.39 is 0 Å². The van der Waals surface area contributed by atoms with Crippen molar-refractivity contribution in [2.45, 2.75) is 20.8 Å². The van der Waals surface area contributed by atoms with Crippen molar-refractivity contribution in [3.63, 3.8) is 0 Å². The summed E-state index contributed by atoms with van der Waals surface area (Å²) in [5.74, 6) is 0. The summed E-state index contributed by atoms with van der Waals surface area (Å²) in [6.45, 7) is 6.92. The molecule has 1 aliphatic heterocycles. The van der Waals surface area contributed by atoms with Crippen LogP contribution in [-0.4, -0.2) is 5.29 Å². The van der Waals surface area contributed by atoms with Gasteiger partial charge in [0.1, 0.15) is 0 Å². The molecule has 134 valence electrons. The van der Waals surface area contributed by atoms with E-state index in [0.29, 0.717) is 0 Å². The standard InChI is InChI=1S/C19H19P.C5H5.Rh/c1-19(2,3)18-16(14-10-6-4-7-11-14)17(20-18)15-12-8-5-9-13-15;1-2-4-5-3-1;/h4-13H,1-3H3;1-5H;. The van der Waals surface area contributed by atoms with Crippen LogP contribution in [0.5, 0.6) is 0 Å². The molecule has 2 heteroatoms. The summed E-state index contributed by atoms with van der Waals surface area (Å²) in [7, 11) is 1.38. The molecule has 2 aromatic rings. The molecule has 0 saturated carbocycles. The molecule has 0 unspecified atom stereocenters. The van der Waals surface area contributed by atoms with Gasteiger partial charge in [0, 0.05) is 36.8 Å². The van der Waals surface area contributed by atoms with Crippen molar-refractivity contribution in [3.8, 4) is 0 Å². The van der Waals surface area contributed by atoms with E-state index in [4.69, 9.17) is 0 Å². The quantitative estimate of drug-likeness (QED) is 0.343. The van der Waals surface area contributed by atoms with E-state index in [1.807, 2.05) is 30.7 Å². The van der Waals surface area contributed by atoms with Crippen molar-refractivity contribution in [2.75, 3.05) is 0 Å². The number of hydrogen-bond donors (Lipinski definition) is 0. The third-order valence-corrected chi connectivity index (χ3v) is 5.90. The Kier molecular flexibility index (Phi) is 7.51. The maximum Gasteiger partial charge on any atom is 0.0178 e.